The maximum atomic E-state index is 11.7. The fourth-order valence-electron chi connectivity index (χ4n) is 1.58. The molecule has 0 aliphatic rings. The van der Waals surface area contributed by atoms with Crippen LogP contribution < -0.4 is 5.32 Å². The quantitative estimate of drug-likeness (QED) is 0.627. The molecule has 1 aromatic heterocycles. The van der Waals surface area contributed by atoms with Gasteiger partial charge in [-0.2, -0.15) is 0 Å². The largest absolute Gasteiger partial charge is 0.467 e. The average molecular weight is 380 g/mol. The van der Waals surface area contributed by atoms with Crippen molar-refractivity contribution in [1.29, 1.82) is 0 Å². The molecule has 0 fully saturated rings. The minimum Gasteiger partial charge on any atom is -0.467 e. The van der Waals surface area contributed by atoms with E-state index in [0.717, 1.165) is 5.69 Å². The lowest BCUT2D eigenvalue weighted by molar-refractivity contribution is -0.141. The van der Waals surface area contributed by atoms with Crippen LogP contribution in [0, 0.1) is 5.92 Å². The van der Waals surface area contributed by atoms with E-state index in [1.807, 2.05) is 12.1 Å². The first-order valence-corrected chi connectivity index (χ1v) is 7.18. The second kappa shape index (κ2) is 7.09. The van der Waals surface area contributed by atoms with Gasteiger partial charge in [-0.25, -0.2) is 9.78 Å². The zero-order chi connectivity index (χ0) is 13.7. The van der Waals surface area contributed by atoms with E-state index in [9.17, 15) is 4.79 Å². The number of ether oxygens (including phenoxy) is 1. The molecule has 0 radical (unpaired) electrons. The van der Waals surface area contributed by atoms with E-state index in [2.05, 4.69) is 56.0 Å². The lowest BCUT2D eigenvalue weighted by atomic mass is 10.0. The molecular weight excluding hydrogens is 364 g/mol. The van der Waals surface area contributed by atoms with Gasteiger partial charge in [-0.05, 0) is 56.3 Å². The molecule has 1 rings (SSSR count). The van der Waals surface area contributed by atoms with E-state index in [4.69, 9.17) is 4.74 Å². The number of nitrogens with zero attached hydrogens (tertiary/aromatic N) is 1. The van der Waals surface area contributed by atoms with Crippen molar-refractivity contribution in [2.45, 2.75) is 26.3 Å². The molecule has 0 amide bonds. The van der Waals surface area contributed by atoms with Crippen LogP contribution in [0.3, 0.4) is 0 Å². The highest BCUT2D eigenvalue weighted by atomic mass is 79.9. The van der Waals surface area contributed by atoms with E-state index in [0.29, 0.717) is 21.5 Å². The number of pyridine rings is 1. The highest BCUT2D eigenvalue weighted by Gasteiger charge is 2.20. The van der Waals surface area contributed by atoms with Crippen molar-refractivity contribution in [2.24, 2.45) is 5.92 Å². The van der Waals surface area contributed by atoms with Crippen LogP contribution in [0.4, 0.5) is 5.69 Å². The highest BCUT2D eigenvalue weighted by molar-refractivity contribution is 9.11. The van der Waals surface area contributed by atoms with E-state index < -0.39 is 0 Å². The molecule has 0 spiro atoms. The summed E-state index contributed by atoms with van der Waals surface area (Å²) in [5.41, 5.74) is 0.819. The molecule has 18 heavy (non-hydrogen) atoms. The molecule has 1 aromatic rings. The second-order valence-electron chi connectivity index (χ2n) is 4.35. The number of carbonyl (C=O) groups is 1. The number of rotatable bonds is 5. The van der Waals surface area contributed by atoms with Crippen LogP contribution in [0.25, 0.3) is 0 Å². The van der Waals surface area contributed by atoms with Gasteiger partial charge in [0.15, 0.2) is 0 Å². The number of hydrogen-bond acceptors (Lipinski definition) is 4. The Bertz CT molecular complexity index is 404. The maximum Gasteiger partial charge on any atom is 0.328 e. The lowest BCUT2D eigenvalue weighted by Gasteiger charge is -2.19. The Morgan fingerprint density at radius 2 is 1.94 bits per heavy atom. The third-order valence-corrected chi connectivity index (χ3v) is 3.11. The molecule has 0 saturated carbocycles. The molecule has 0 bridgehead atoms. The molecule has 6 heteroatoms. The molecule has 4 nitrogen and oxygen atoms in total. The van der Waals surface area contributed by atoms with Gasteiger partial charge in [0.2, 0.25) is 0 Å². The van der Waals surface area contributed by atoms with Crippen molar-refractivity contribution in [2.75, 3.05) is 12.4 Å². The average Bonchev–Trinajstić information content (AvgIpc) is 2.25. The summed E-state index contributed by atoms with van der Waals surface area (Å²) in [6, 6.07) is 3.29. The fraction of sp³-hybridized carbons (Fsp3) is 0.500. The van der Waals surface area contributed by atoms with Crippen molar-refractivity contribution < 1.29 is 9.53 Å². The topological polar surface area (TPSA) is 51.2 Å². The minimum absolute atomic E-state index is 0.257. The molecule has 1 N–H and O–H groups in total. The summed E-state index contributed by atoms with van der Waals surface area (Å²) in [6.07, 6.45) is 0.713. The Labute approximate surface area is 124 Å². The Morgan fingerprint density at radius 1 is 1.39 bits per heavy atom. The molecule has 0 saturated heterocycles. The number of nitrogens with one attached hydrogen (secondary N) is 1. The smallest absolute Gasteiger partial charge is 0.328 e. The van der Waals surface area contributed by atoms with Crippen LogP contribution >= 0.6 is 31.9 Å². The molecule has 0 aromatic carbocycles. The first-order valence-electron chi connectivity index (χ1n) is 5.59. The Balaban J connectivity index is 2.84. The summed E-state index contributed by atoms with van der Waals surface area (Å²) in [5.74, 6) is 0.142. The zero-order valence-corrected chi connectivity index (χ0v) is 13.7. The lowest BCUT2D eigenvalue weighted by Crippen LogP contribution is -2.32. The van der Waals surface area contributed by atoms with Crippen molar-refractivity contribution in [3.05, 3.63) is 21.3 Å². The monoisotopic (exact) mass is 378 g/mol. The maximum absolute atomic E-state index is 11.7. The predicted molar refractivity (Wildman–Crippen MR) is 78.5 cm³/mol. The minimum atomic E-state index is -0.351. The summed E-state index contributed by atoms with van der Waals surface area (Å²) >= 11 is 6.62. The first-order chi connectivity index (χ1) is 8.42. The van der Waals surface area contributed by atoms with Crippen molar-refractivity contribution in [3.63, 3.8) is 0 Å². The van der Waals surface area contributed by atoms with Gasteiger partial charge in [0.25, 0.3) is 0 Å². The summed E-state index contributed by atoms with van der Waals surface area (Å²) in [6.45, 7) is 4.13. The molecular formula is C12H16Br2N2O2. The van der Waals surface area contributed by atoms with Crippen molar-refractivity contribution in [1.82, 2.24) is 4.98 Å². The Hall–Kier alpha value is -0.620. The van der Waals surface area contributed by atoms with Gasteiger partial charge >= 0.3 is 5.97 Å². The number of hydrogen-bond donors (Lipinski definition) is 1. The zero-order valence-electron chi connectivity index (χ0n) is 10.5. The molecule has 0 aliphatic carbocycles. The number of methoxy groups -OCH3 is 1. The van der Waals surface area contributed by atoms with Crippen LogP contribution in [0.5, 0.6) is 0 Å². The van der Waals surface area contributed by atoms with Gasteiger partial charge < -0.3 is 10.1 Å². The summed E-state index contributed by atoms with van der Waals surface area (Å²) in [4.78, 5) is 15.8. The van der Waals surface area contributed by atoms with Crippen LogP contribution in [0.15, 0.2) is 21.3 Å². The van der Waals surface area contributed by atoms with Crippen LogP contribution in [0.2, 0.25) is 0 Å². The van der Waals surface area contributed by atoms with Gasteiger partial charge in [-0.1, -0.05) is 13.8 Å². The van der Waals surface area contributed by atoms with Crippen molar-refractivity contribution in [3.8, 4) is 0 Å². The summed E-state index contributed by atoms with van der Waals surface area (Å²) < 4.78 is 6.21. The fourth-order valence-corrected chi connectivity index (χ4v) is 2.69. The van der Waals surface area contributed by atoms with E-state index in [1.165, 1.54) is 7.11 Å². The molecule has 100 valence electrons. The molecule has 1 unspecified atom stereocenters. The molecule has 1 atom stereocenters. The van der Waals surface area contributed by atoms with Crippen LogP contribution in [0.1, 0.15) is 20.3 Å². The van der Waals surface area contributed by atoms with Gasteiger partial charge in [0, 0.05) is 5.69 Å². The van der Waals surface area contributed by atoms with Crippen molar-refractivity contribution >= 4 is 43.5 Å². The van der Waals surface area contributed by atoms with Gasteiger partial charge in [-0.3, -0.25) is 0 Å². The van der Waals surface area contributed by atoms with Crippen LogP contribution in [-0.2, 0) is 9.53 Å². The Kier molecular flexibility index (Phi) is 6.08. The van der Waals surface area contributed by atoms with Gasteiger partial charge in [0.05, 0.1) is 7.11 Å². The Morgan fingerprint density at radius 3 is 2.39 bits per heavy atom. The molecule has 0 aliphatic heterocycles. The van der Waals surface area contributed by atoms with Gasteiger partial charge in [0.1, 0.15) is 15.2 Å². The van der Waals surface area contributed by atoms with E-state index in [-0.39, 0.29) is 12.0 Å². The summed E-state index contributed by atoms with van der Waals surface area (Å²) in [5, 5.41) is 3.17. The number of anilines is 1. The second-order valence-corrected chi connectivity index (χ2v) is 5.98. The predicted octanol–water partition coefficient (Wildman–Crippen LogP) is 3.61. The number of carbonyl (C=O) groups excluding carboxylic acids is 1. The number of aromatic nitrogens is 1. The normalized spacial score (nSPS) is 12.3. The van der Waals surface area contributed by atoms with E-state index >= 15 is 0 Å². The van der Waals surface area contributed by atoms with Gasteiger partial charge in [-0.15, -0.1) is 0 Å². The highest BCUT2D eigenvalue weighted by Crippen LogP contribution is 2.21. The third kappa shape index (κ3) is 4.94. The van der Waals surface area contributed by atoms with E-state index in [1.54, 1.807) is 0 Å². The standard InChI is InChI=1S/C12H16Br2N2O2/c1-7(2)4-9(12(17)18-3)15-8-5-10(13)16-11(14)6-8/h5-7,9H,4H2,1-3H3,(H,15,16). The van der Waals surface area contributed by atoms with Crippen LogP contribution in [-0.4, -0.2) is 24.1 Å². The molecule has 1 heterocycles. The number of esters is 1. The first kappa shape index (κ1) is 15.4. The SMILES string of the molecule is COC(=O)C(CC(C)C)Nc1cc(Br)nc(Br)c1. The third-order valence-electron chi connectivity index (χ3n) is 2.30. The summed E-state index contributed by atoms with van der Waals surface area (Å²) in [7, 11) is 1.40. The number of halogens is 2.